The Morgan fingerprint density at radius 3 is 2.47 bits per heavy atom. The first-order valence-corrected chi connectivity index (χ1v) is 7.45. The average molecular weight is 237 g/mol. The molecule has 0 aliphatic heterocycles. The van der Waals surface area contributed by atoms with Crippen molar-refractivity contribution in [2.45, 2.75) is 32.2 Å². The van der Waals surface area contributed by atoms with Crippen molar-refractivity contribution in [3.63, 3.8) is 0 Å². The van der Waals surface area contributed by atoms with Crippen molar-refractivity contribution in [2.24, 2.45) is 0 Å². The molecule has 5 heteroatoms. The zero-order valence-corrected chi connectivity index (χ0v) is 10.8. The molecule has 0 saturated carbocycles. The third kappa shape index (κ3) is 10.2. The quantitative estimate of drug-likeness (QED) is 0.645. The van der Waals surface area contributed by atoms with Gasteiger partial charge in [-0.15, -0.1) is 0 Å². The summed E-state index contributed by atoms with van der Waals surface area (Å²) in [6.07, 6.45) is 3.87. The van der Waals surface area contributed by atoms with Crippen molar-refractivity contribution >= 4 is 9.84 Å². The molecule has 15 heavy (non-hydrogen) atoms. The molecule has 1 N–H and O–H groups in total. The smallest absolute Gasteiger partial charge is 0.147 e. The summed E-state index contributed by atoms with van der Waals surface area (Å²) >= 11 is 0. The predicted octanol–water partition coefficient (Wildman–Crippen LogP) is 0.826. The van der Waals surface area contributed by atoms with Gasteiger partial charge in [-0.2, -0.15) is 0 Å². The van der Waals surface area contributed by atoms with E-state index in [4.69, 9.17) is 4.74 Å². The van der Waals surface area contributed by atoms with Gasteiger partial charge in [0, 0.05) is 26.0 Å². The molecule has 0 amide bonds. The van der Waals surface area contributed by atoms with Crippen molar-refractivity contribution < 1.29 is 13.2 Å². The molecule has 0 bridgehead atoms. The summed E-state index contributed by atoms with van der Waals surface area (Å²) in [5.41, 5.74) is 0. The molecule has 4 nitrogen and oxygen atoms in total. The lowest BCUT2D eigenvalue weighted by Crippen LogP contribution is -2.32. The Hall–Kier alpha value is -0.130. The highest BCUT2D eigenvalue weighted by Crippen LogP contribution is 2.01. The third-order valence-corrected chi connectivity index (χ3v) is 3.17. The van der Waals surface area contributed by atoms with Crippen molar-refractivity contribution in [1.82, 2.24) is 5.32 Å². The predicted molar refractivity (Wildman–Crippen MR) is 62.9 cm³/mol. The van der Waals surface area contributed by atoms with Gasteiger partial charge in [0.25, 0.3) is 0 Å². The first kappa shape index (κ1) is 14.9. The van der Waals surface area contributed by atoms with Gasteiger partial charge in [0.2, 0.25) is 0 Å². The van der Waals surface area contributed by atoms with E-state index >= 15 is 0 Å². The Morgan fingerprint density at radius 1 is 1.33 bits per heavy atom. The standard InChI is InChI=1S/C10H23NO3S/c1-4-7-11-10(5-8-14-2)6-9-15(3,12)13/h10-11H,4-9H2,1-3H3. The second-order valence-corrected chi connectivity index (χ2v) is 6.11. The van der Waals surface area contributed by atoms with Crippen LogP contribution in [0.25, 0.3) is 0 Å². The molecule has 0 spiro atoms. The fourth-order valence-electron chi connectivity index (χ4n) is 1.31. The summed E-state index contributed by atoms with van der Waals surface area (Å²) in [6.45, 7) is 3.69. The molecule has 0 aromatic heterocycles. The number of rotatable bonds is 9. The molecule has 0 saturated heterocycles. The van der Waals surface area contributed by atoms with Crippen LogP contribution in [0.15, 0.2) is 0 Å². The monoisotopic (exact) mass is 237 g/mol. The van der Waals surface area contributed by atoms with Crippen LogP contribution in [0.2, 0.25) is 0 Å². The second kappa shape index (κ2) is 8.07. The Bertz CT molecular complexity index is 231. The SMILES string of the molecule is CCCNC(CCOC)CCS(C)(=O)=O. The average Bonchev–Trinajstić information content (AvgIpc) is 2.15. The van der Waals surface area contributed by atoms with Crippen LogP contribution in [0.3, 0.4) is 0 Å². The number of ether oxygens (including phenoxy) is 1. The topological polar surface area (TPSA) is 55.4 Å². The molecule has 0 radical (unpaired) electrons. The lowest BCUT2D eigenvalue weighted by atomic mass is 10.1. The van der Waals surface area contributed by atoms with Crippen LogP contribution >= 0.6 is 0 Å². The summed E-state index contributed by atoms with van der Waals surface area (Å²) in [5, 5.41) is 3.33. The van der Waals surface area contributed by atoms with Gasteiger partial charge in [-0.3, -0.25) is 0 Å². The van der Waals surface area contributed by atoms with Crippen LogP contribution in [0.4, 0.5) is 0 Å². The van der Waals surface area contributed by atoms with Crippen molar-refractivity contribution in [2.75, 3.05) is 32.3 Å². The van der Waals surface area contributed by atoms with Crippen LogP contribution in [-0.2, 0) is 14.6 Å². The van der Waals surface area contributed by atoms with Gasteiger partial charge >= 0.3 is 0 Å². The molecule has 0 rings (SSSR count). The van der Waals surface area contributed by atoms with Gasteiger partial charge in [0.15, 0.2) is 0 Å². The van der Waals surface area contributed by atoms with Crippen molar-refractivity contribution in [3.8, 4) is 0 Å². The van der Waals surface area contributed by atoms with Crippen molar-refractivity contribution in [1.29, 1.82) is 0 Å². The first-order chi connectivity index (χ1) is 6.99. The van der Waals surface area contributed by atoms with E-state index in [0.29, 0.717) is 13.0 Å². The van der Waals surface area contributed by atoms with Crippen LogP contribution in [0.1, 0.15) is 26.2 Å². The molecule has 0 aromatic rings. The van der Waals surface area contributed by atoms with Gasteiger partial charge < -0.3 is 10.1 Å². The molecule has 0 aliphatic rings. The summed E-state index contributed by atoms with van der Waals surface area (Å²) in [4.78, 5) is 0. The molecular weight excluding hydrogens is 214 g/mol. The van der Waals surface area contributed by atoms with E-state index < -0.39 is 9.84 Å². The molecule has 1 unspecified atom stereocenters. The molecular formula is C10H23NO3S. The van der Waals surface area contributed by atoms with Crippen molar-refractivity contribution in [3.05, 3.63) is 0 Å². The Balaban J connectivity index is 3.89. The van der Waals surface area contributed by atoms with Gasteiger partial charge in [-0.05, 0) is 25.8 Å². The lowest BCUT2D eigenvalue weighted by molar-refractivity contribution is 0.182. The Morgan fingerprint density at radius 2 is 2.00 bits per heavy atom. The van der Waals surface area contributed by atoms with E-state index in [1.807, 2.05) is 0 Å². The van der Waals surface area contributed by atoms with E-state index in [1.165, 1.54) is 6.26 Å². The highest BCUT2D eigenvalue weighted by molar-refractivity contribution is 7.90. The van der Waals surface area contributed by atoms with Gasteiger partial charge in [0.05, 0.1) is 5.75 Å². The van der Waals surface area contributed by atoms with E-state index in [9.17, 15) is 8.42 Å². The minimum Gasteiger partial charge on any atom is -0.385 e. The third-order valence-electron chi connectivity index (χ3n) is 2.19. The summed E-state index contributed by atoms with van der Waals surface area (Å²) < 4.78 is 27.0. The fraction of sp³-hybridized carbons (Fsp3) is 1.00. The molecule has 1 atom stereocenters. The zero-order valence-electron chi connectivity index (χ0n) is 9.95. The zero-order chi connectivity index (χ0) is 11.7. The van der Waals surface area contributed by atoms with E-state index in [-0.39, 0.29) is 11.8 Å². The van der Waals surface area contributed by atoms with Crippen LogP contribution < -0.4 is 5.32 Å². The first-order valence-electron chi connectivity index (χ1n) is 5.39. The fourth-order valence-corrected chi connectivity index (χ4v) is 2.03. The maximum Gasteiger partial charge on any atom is 0.147 e. The summed E-state index contributed by atoms with van der Waals surface area (Å²) in [6, 6.07) is 0.250. The number of nitrogens with one attached hydrogen (secondary N) is 1. The highest BCUT2D eigenvalue weighted by atomic mass is 32.2. The molecule has 0 aromatic carbocycles. The van der Waals surface area contributed by atoms with Crippen LogP contribution in [0.5, 0.6) is 0 Å². The van der Waals surface area contributed by atoms with Crippen LogP contribution in [-0.4, -0.2) is 46.7 Å². The van der Waals surface area contributed by atoms with E-state index in [1.54, 1.807) is 7.11 Å². The van der Waals surface area contributed by atoms with E-state index in [2.05, 4.69) is 12.2 Å². The molecule has 92 valence electrons. The maximum absolute atomic E-state index is 11.0. The van der Waals surface area contributed by atoms with Gasteiger partial charge in [-0.25, -0.2) is 8.42 Å². The second-order valence-electron chi connectivity index (χ2n) is 3.85. The largest absolute Gasteiger partial charge is 0.385 e. The maximum atomic E-state index is 11.0. The Kier molecular flexibility index (Phi) is 8.00. The van der Waals surface area contributed by atoms with Crippen LogP contribution in [0, 0.1) is 0 Å². The number of sulfone groups is 1. The molecule has 0 heterocycles. The molecule has 0 aliphatic carbocycles. The minimum absolute atomic E-state index is 0.248. The molecule has 0 fully saturated rings. The van der Waals surface area contributed by atoms with E-state index in [0.717, 1.165) is 19.4 Å². The summed E-state index contributed by atoms with van der Waals surface area (Å²) in [7, 11) is -1.19. The number of hydrogen-bond acceptors (Lipinski definition) is 4. The van der Waals surface area contributed by atoms with Gasteiger partial charge in [0.1, 0.15) is 9.84 Å². The number of methoxy groups -OCH3 is 1. The summed E-state index contributed by atoms with van der Waals surface area (Å²) in [5.74, 6) is 0.248. The minimum atomic E-state index is -2.85. The normalized spacial score (nSPS) is 14.1. The number of hydrogen-bond donors (Lipinski definition) is 1. The Labute approximate surface area is 93.3 Å². The highest BCUT2D eigenvalue weighted by Gasteiger charge is 2.11. The lowest BCUT2D eigenvalue weighted by Gasteiger charge is -2.17. The van der Waals surface area contributed by atoms with Gasteiger partial charge in [-0.1, -0.05) is 6.92 Å².